The molecule has 6 rings (SSSR count). The van der Waals surface area contributed by atoms with Crippen molar-refractivity contribution in [2.75, 3.05) is 0 Å². The molecule has 2 aliphatic carbocycles. The molecule has 1 unspecified atom stereocenters. The normalized spacial score (nSPS) is 13.6. The summed E-state index contributed by atoms with van der Waals surface area (Å²) in [4.78, 5) is 0. The predicted octanol–water partition coefficient (Wildman–Crippen LogP) is 14.5. The minimum atomic E-state index is 0. The zero-order chi connectivity index (χ0) is 36.8. The molecule has 0 aromatic heterocycles. The van der Waals surface area contributed by atoms with Gasteiger partial charge in [-0.05, 0) is 28.4 Å². The van der Waals surface area contributed by atoms with Crippen molar-refractivity contribution in [2.45, 2.75) is 99.3 Å². The van der Waals surface area contributed by atoms with E-state index in [1.54, 1.807) is 12.1 Å². The van der Waals surface area contributed by atoms with Gasteiger partial charge in [-0.15, -0.1) is 35.9 Å². The maximum absolute atomic E-state index is 5.51. The van der Waals surface area contributed by atoms with E-state index < -0.39 is 0 Å². The molecule has 0 fully saturated rings. The molecule has 1 atom stereocenters. The predicted molar refractivity (Wildman–Crippen MR) is 227 cm³/mol. The number of halogens is 4. The molecule has 0 spiro atoms. The van der Waals surface area contributed by atoms with Gasteiger partial charge in [-0.3, -0.25) is 6.08 Å². The van der Waals surface area contributed by atoms with Crippen LogP contribution in [0.4, 0.5) is 0 Å². The summed E-state index contributed by atoms with van der Waals surface area (Å²) in [6, 6.07) is 35.2. The third-order valence-corrected chi connectivity index (χ3v) is 8.57. The SMILES string of the molecule is CC(C)(C)c1[c-]c2c(cc1)-c1ccc(C(C)(C)C)cc1C2.CCCC1[C-]=CC(C(C)(C)C)=C1.Cl.Cl.Clc1c[c-]ccc1.Clc1c[c-]ccc1.[CH2]=[Zr]. The molecule has 276 valence electrons. The number of benzene rings is 4. The summed E-state index contributed by atoms with van der Waals surface area (Å²) >= 11 is 12.3. The fourth-order valence-electron chi connectivity index (χ4n) is 5.22. The number of rotatable bonds is 2. The molecule has 4 aromatic rings. The fraction of sp³-hybridized carbons (Fsp3) is 0.370. The van der Waals surface area contributed by atoms with E-state index in [4.69, 9.17) is 23.2 Å². The molecule has 5 heteroatoms. The molecule has 0 heterocycles. The van der Waals surface area contributed by atoms with Gasteiger partial charge in [0.1, 0.15) is 0 Å². The average Bonchev–Trinajstić information content (AvgIpc) is 3.67. The molecule has 0 radical (unpaired) electrons. The third-order valence-electron chi connectivity index (χ3n) is 8.10. The molecule has 0 bridgehead atoms. The first-order chi connectivity index (χ1) is 23.0. The summed E-state index contributed by atoms with van der Waals surface area (Å²) in [6.07, 6.45) is 11.4. The van der Waals surface area contributed by atoms with E-state index in [1.165, 1.54) is 76.0 Å². The van der Waals surface area contributed by atoms with E-state index in [9.17, 15) is 0 Å². The van der Waals surface area contributed by atoms with Gasteiger partial charge in [-0.25, -0.2) is 6.08 Å². The Morgan fingerprint density at radius 3 is 1.69 bits per heavy atom. The van der Waals surface area contributed by atoms with E-state index in [0.717, 1.165) is 16.5 Å². The molecule has 0 saturated carbocycles. The van der Waals surface area contributed by atoms with Gasteiger partial charge in [0.2, 0.25) is 0 Å². The quantitative estimate of drug-likeness (QED) is 0.155. The summed E-state index contributed by atoms with van der Waals surface area (Å²) in [7, 11) is 0. The van der Waals surface area contributed by atoms with Gasteiger partial charge in [0.15, 0.2) is 0 Å². The van der Waals surface area contributed by atoms with Crippen LogP contribution in [0.25, 0.3) is 11.1 Å². The van der Waals surface area contributed by atoms with Crippen molar-refractivity contribution in [2.24, 2.45) is 11.3 Å². The maximum atomic E-state index is 5.51. The van der Waals surface area contributed by atoms with Gasteiger partial charge < -0.3 is 0 Å². The van der Waals surface area contributed by atoms with E-state index >= 15 is 0 Å². The summed E-state index contributed by atoms with van der Waals surface area (Å²) in [6.45, 7) is 22.6. The van der Waals surface area contributed by atoms with Crippen molar-refractivity contribution in [3.05, 3.63) is 153 Å². The number of hydrogen-bond acceptors (Lipinski definition) is 0. The molecule has 0 amide bonds. The Balaban J connectivity index is 0.000000706. The van der Waals surface area contributed by atoms with E-state index in [2.05, 4.69) is 140 Å². The summed E-state index contributed by atoms with van der Waals surface area (Å²) < 4.78 is 3.34. The second-order valence-electron chi connectivity index (χ2n) is 15.3. The molecule has 2 aliphatic rings. The molecule has 51 heavy (non-hydrogen) atoms. The first-order valence-corrected chi connectivity index (χ1v) is 19.6. The van der Waals surface area contributed by atoms with E-state index in [-0.39, 0.29) is 35.6 Å². The second-order valence-corrected chi connectivity index (χ2v) is 16.2. The van der Waals surface area contributed by atoms with E-state index in [1.807, 2.05) is 36.4 Å². The standard InChI is InChI=1S/C21H25.C12H19.2C6H4Cl.CH2.2ClH.Zr/c1-20(2,3)16-7-9-18-14(12-16)11-15-13-17(21(4,5)6)8-10-19(15)18;1-5-6-10-7-8-11(9-10)12(2,3)4;2*7-6-4-2-1-3-5-6;;;;/h7-10,12H,11H2,1-6H3;8-10H,5-6H2,1-4H3;2*1-2,4-5H;1H2;2*1H;/q4*-1;;;;. The van der Waals surface area contributed by atoms with Crippen LogP contribution in [0.5, 0.6) is 0 Å². The van der Waals surface area contributed by atoms with Crippen molar-refractivity contribution in [3.63, 3.8) is 0 Å². The Morgan fingerprint density at radius 2 is 1.29 bits per heavy atom. The van der Waals surface area contributed by atoms with Gasteiger partial charge in [-0.2, -0.15) is 119 Å². The molecular weight excluding hydrogens is 786 g/mol. The van der Waals surface area contributed by atoms with Crippen molar-refractivity contribution in [3.8, 4) is 11.1 Å². The Hall–Kier alpha value is -1.73. The van der Waals surface area contributed by atoms with E-state index in [0.29, 0.717) is 11.3 Å². The van der Waals surface area contributed by atoms with Crippen molar-refractivity contribution >= 4 is 52.2 Å². The van der Waals surface area contributed by atoms with Crippen LogP contribution in [0.3, 0.4) is 0 Å². The second kappa shape index (κ2) is 23.1. The van der Waals surface area contributed by atoms with Gasteiger partial charge in [0.25, 0.3) is 0 Å². The van der Waals surface area contributed by atoms with Crippen LogP contribution in [0.15, 0.2) is 96.6 Å². The van der Waals surface area contributed by atoms with Crippen LogP contribution in [0.2, 0.25) is 10.0 Å². The molecule has 0 N–H and O–H groups in total. The van der Waals surface area contributed by atoms with Crippen LogP contribution >= 0.6 is 48.0 Å². The molecular formula is C46H56Cl4Zr-4. The number of hydrogen-bond donors (Lipinski definition) is 0. The summed E-state index contributed by atoms with van der Waals surface area (Å²) in [5.74, 6) is 0.587. The molecule has 4 aromatic carbocycles. The van der Waals surface area contributed by atoms with Gasteiger partial charge >= 0.3 is 28.4 Å². The summed E-state index contributed by atoms with van der Waals surface area (Å²) in [5, 5.41) is 1.48. The first-order valence-electron chi connectivity index (χ1n) is 17.1. The van der Waals surface area contributed by atoms with Crippen molar-refractivity contribution < 1.29 is 24.2 Å². The Labute approximate surface area is 348 Å². The molecule has 0 saturated heterocycles. The van der Waals surface area contributed by atoms with Gasteiger partial charge in [0.05, 0.1) is 0 Å². The minimum absolute atomic E-state index is 0. The number of allylic oxidation sites excluding steroid dienone is 4. The molecule has 0 nitrogen and oxygen atoms in total. The van der Waals surface area contributed by atoms with Crippen LogP contribution in [-0.4, -0.2) is 4.21 Å². The first kappa shape index (κ1) is 49.3. The van der Waals surface area contributed by atoms with Crippen molar-refractivity contribution in [1.82, 2.24) is 0 Å². The topological polar surface area (TPSA) is 0 Å². The number of fused-ring (bicyclic) bond motifs is 3. The van der Waals surface area contributed by atoms with Crippen LogP contribution in [0, 0.1) is 35.6 Å². The van der Waals surface area contributed by atoms with Gasteiger partial charge in [0, 0.05) is 0 Å². The van der Waals surface area contributed by atoms with Crippen LogP contribution in [0.1, 0.15) is 104 Å². The Morgan fingerprint density at radius 1 is 0.745 bits per heavy atom. The zero-order valence-corrected chi connectivity index (χ0v) is 37.7. The van der Waals surface area contributed by atoms with Gasteiger partial charge in [-0.1, -0.05) is 127 Å². The van der Waals surface area contributed by atoms with Crippen LogP contribution < -0.4 is 0 Å². The Bertz CT molecular complexity index is 1540. The van der Waals surface area contributed by atoms with Crippen molar-refractivity contribution in [1.29, 1.82) is 0 Å². The average molecular weight is 842 g/mol. The zero-order valence-electron chi connectivity index (χ0n) is 32.1. The monoisotopic (exact) mass is 838 g/mol. The third kappa shape index (κ3) is 16.9. The van der Waals surface area contributed by atoms with Crippen LogP contribution in [-0.2, 0) is 41.5 Å². The summed E-state index contributed by atoms with van der Waals surface area (Å²) in [5.41, 5.74) is 10.5. The Kier molecular flexibility index (Phi) is 22.4. The molecule has 0 aliphatic heterocycles. The fourth-order valence-corrected chi connectivity index (χ4v) is 5.50.